The maximum absolute atomic E-state index is 5.97. The molecule has 6 heteroatoms. The summed E-state index contributed by atoms with van der Waals surface area (Å²) in [6.07, 6.45) is 1.63. The van der Waals surface area contributed by atoms with Crippen molar-refractivity contribution in [3.63, 3.8) is 0 Å². The molecule has 0 atom stereocenters. The van der Waals surface area contributed by atoms with Crippen LogP contribution in [0.3, 0.4) is 0 Å². The van der Waals surface area contributed by atoms with Crippen LogP contribution in [0.15, 0.2) is 59.9 Å². The minimum atomic E-state index is 0.0939. The van der Waals surface area contributed by atoms with Gasteiger partial charge in [0.05, 0.1) is 13.3 Å². The average molecular weight is 415 g/mol. The number of nitrogens with zero attached hydrogens (tertiary/aromatic N) is 2. The molecule has 0 radical (unpaired) electrons. The molecule has 0 aliphatic carbocycles. The molecule has 0 aliphatic heterocycles. The first-order chi connectivity index (χ1) is 13.3. The van der Waals surface area contributed by atoms with Crippen LogP contribution >= 0.6 is 23.4 Å². The van der Waals surface area contributed by atoms with E-state index in [1.807, 2.05) is 36.4 Å². The van der Waals surface area contributed by atoms with Crippen LogP contribution in [-0.4, -0.2) is 17.1 Å². The van der Waals surface area contributed by atoms with Gasteiger partial charge in [0, 0.05) is 10.8 Å². The Hall–Kier alpha value is -2.24. The van der Waals surface area contributed by atoms with E-state index in [-0.39, 0.29) is 5.41 Å². The highest BCUT2D eigenvalue weighted by Crippen LogP contribution is 2.32. The molecule has 1 heterocycles. The van der Waals surface area contributed by atoms with Crippen molar-refractivity contribution in [3.8, 4) is 17.4 Å². The van der Waals surface area contributed by atoms with Crippen molar-refractivity contribution >= 4 is 23.4 Å². The van der Waals surface area contributed by atoms with Gasteiger partial charge >= 0.3 is 0 Å². The minimum absolute atomic E-state index is 0.0939. The summed E-state index contributed by atoms with van der Waals surface area (Å²) in [6, 6.07) is 15.8. The highest BCUT2D eigenvalue weighted by molar-refractivity contribution is 7.98. The van der Waals surface area contributed by atoms with Crippen molar-refractivity contribution in [1.82, 2.24) is 9.97 Å². The first-order valence-electron chi connectivity index (χ1n) is 8.92. The average Bonchev–Trinajstić information content (AvgIpc) is 2.67. The third-order valence-corrected chi connectivity index (χ3v) is 5.32. The number of hydrogen-bond acceptors (Lipinski definition) is 5. The zero-order valence-corrected chi connectivity index (χ0v) is 18.0. The molecule has 0 saturated carbocycles. The van der Waals surface area contributed by atoms with Crippen LogP contribution in [0.2, 0.25) is 5.02 Å². The van der Waals surface area contributed by atoms with Gasteiger partial charge in [0.2, 0.25) is 0 Å². The second-order valence-corrected chi connectivity index (χ2v) is 8.70. The van der Waals surface area contributed by atoms with Crippen molar-refractivity contribution in [2.24, 2.45) is 0 Å². The van der Waals surface area contributed by atoms with Gasteiger partial charge in [-0.1, -0.05) is 68.4 Å². The van der Waals surface area contributed by atoms with E-state index < -0.39 is 0 Å². The fraction of sp³-hybridized carbons (Fsp3) is 0.273. The lowest BCUT2D eigenvalue weighted by molar-refractivity contribution is 0.363. The van der Waals surface area contributed by atoms with Crippen molar-refractivity contribution < 1.29 is 9.47 Å². The highest BCUT2D eigenvalue weighted by atomic mass is 35.5. The number of ether oxygens (including phenoxy) is 2. The Morgan fingerprint density at radius 1 is 1.00 bits per heavy atom. The van der Waals surface area contributed by atoms with E-state index >= 15 is 0 Å². The molecule has 3 rings (SSSR count). The molecule has 2 aromatic carbocycles. The highest BCUT2D eigenvalue weighted by Gasteiger charge is 2.15. The van der Waals surface area contributed by atoms with E-state index in [4.69, 9.17) is 21.1 Å². The van der Waals surface area contributed by atoms with E-state index in [2.05, 4.69) is 42.9 Å². The SMILES string of the molecule is COc1cnc(SCc2ccc(Cl)cc2)nc1Oc1ccc(C(C)(C)C)cc1. The summed E-state index contributed by atoms with van der Waals surface area (Å²) < 4.78 is 11.3. The summed E-state index contributed by atoms with van der Waals surface area (Å²) in [5.74, 6) is 2.34. The van der Waals surface area contributed by atoms with Crippen LogP contribution < -0.4 is 9.47 Å². The van der Waals surface area contributed by atoms with Gasteiger partial charge in [-0.15, -0.1) is 0 Å². The van der Waals surface area contributed by atoms with Gasteiger partial charge in [-0.2, -0.15) is 4.98 Å². The van der Waals surface area contributed by atoms with E-state index in [0.717, 1.165) is 16.3 Å². The Morgan fingerprint density at radius 2 is 1.68 bits per heavy atom. The molecule has 0 saturated heterocycles. The minimum Gasteiger partial charge on any atom is -0.490 e. The van der Waals surface area contributed by atoms with Crippen molar-refractivity contribution in [2.75, 3.05) is 7.11 Å². The summed E-state index contributed by atoms with van der Waals surface area (Å²) in [5.41, 5.74) is 2.49. The van der Waals surface area contributed by atoms with E-state index in [1.54, 1.807) is 13.3 Å². The van der Waals surface area contributed by atoms with Gasteiger partial charge in [0.15, 0.2) is 10.9 Å². The molecule has 0 unspecified atom stereocenters. The predicted molar refractivity (Wildman–Crippen MR) is 115 cm³/mol. The van der Waals surface area contributed by atoms with Crippen LogP contribution in [0, 0.1) is 0 Å². The Morgan fingerprint density at radius 3 is 2.29 bits per heavy atom. The molecule has 146 valence electrons. The zero-order valence-electron chi connectivity index (χ0n) is 16.4. The largest absolute Gasteiger partial charge is 0.490 e. The van der Waals surface area contributed by atoms with Crippen molar-refractivity contribution in [2.45, 2.75) is 37.1 Å². The Labute approximate surface area is 175 Å². The van der Waals surface area contributed by atoms with Gasteiger partial charge in [0.25, 0.3) is 5.88 Å². The van der Waals surface area contributed by atoms with Crippen LogP contribution in [0.25, 0.3) is 0 Å². The fourth-order valence-corrected chi connectivity index (χ4v) is 3.37. The third kappa shape index (κ3) is 5.40. The molecular weight excluding hydrogens is 392 g/mol. The van der Waals surface area contributed by atoms with Crippen molar-refractivity contribution in [1.29, 1.82) is 0 Å². The number of hydrogen-bond donors (Lipinski definition) is 0. The Bertz CT molecular complexity index is 923. The van der Waals surface area contributed by atoms with E-state index in [0.29, 0.717) is 22.5 Å². The first-order valence-corrected chi connectivity index (χ1v) is 10.3. The van der Waals surface area contributed by atoms with Crippen LogP contribution in [-0.2, 0) is 11.2 Å². The predicted octanol–water partition coefficient (Wildman–Crippen LogP) is 6.52. The standard InChI is InChI=1S/C22H23ClN2O2S/c1-22(2,3)16-7-11-18(12-8-16)27-20-19(26-4)13-24-21(25-20)28-14-15-5-9-17(23)10-6-15/h5-13H,14H2,1-4H3. The van der Waals surface area contributed by atoms with E-state index in [1.165, 1.54) is 17.3 Å². The molecule has 28 heavy (non-hydrogen) atoms. The van der Waals surface area contributed by atoms with Crippen molar-refractivity contribution in [3.05, 3.63) is 70.9 Å². The number of rotatable bonds is 6. The zero-order chi connectivity index (χ0) is 20.1. The van der Waals surface area contributed by atoms with Gasteiger partial charge < -0.3 is 9.47 Å². The molecule has 0 fully saturated rings. The smallest absolute Gasteiger partial charge is 0.266 e. The number of thioether (sulfide) groups is 1. The summed E-state index contributed by atoms with van der Waals surface area (Å²) in [4.78, 5) is 8.87. The number of benzene rings is 2. The second-order valence-electron chi connectivity index (χ2n) is 7.32. The molecule has 4 nitrogen and oxygen atoms in total. The van der Waals surface area contributed by atoms with Crippen LogP contribution in [0.4, 0.5) is 0 Å². The van der Waals surface area contributed by atoms with Gasteiger partial charge in [-0.25, -0.2) is 4.98 Å². The van der Waals surface area contributed by atoms with Gasteiger partial charge in [-0.3, -0.25) is 0 Å². The Kier molecular flexibility index (Phi) is 6.47. The van der Waals surface area contributed by atoms with Gasteiger partial charge in [-0.05, 0) is 40.8 Å². The topological polar surface area (TPSA) is 44.2 Å². The lowest BCUT2D eigenvalue weighted by atomic mass is 9.87. The number of aromatic nitrogens is 2. The molecular formula is C22H23ClN2O2S. The number of halogens is 1. The van der Waals surface area contributed by atoms with Crippen LogP contribution in [0.5, 0.6) is 17.4 Å². The molecule has 1 aromatic heterocycles. The molecule has 0 aliphatic rings. The van der Waals surface area contributed by atoms with Gasteiger partial charge in [0.1, 0.15) is 5.75 Å². The first kappa shape index (κ1) is 20.5. The summed E-state index contributed by atoms with van der Waals surface area (Å²) in [5, 5.41) is 1.35. The normalized spacial score (nSPS) is 11.3. The molecule has 0 N–H and O–H groups in total. The fourth-order valence-electron chi connectivity index (χ4n) is 2.49. The lowest BCUT2D eigenvalue weighted by Gasteiger charge is -2.19. The maximum atomic E-state index is 5.97. The quantitative estimate of drug-likeness (QED) is 0.339. The monoisotopic (exact) mass is 414 g/mol. The lowest BCUT2D eigenvalue weighted by Crippen LogP contribution is -2.10. The van der Waals surface area contributed by atoms with E-state index in [9.17, 15) is 0 Å². The second kappa shape index (κ2) is 8.84. The molecule has 0 amide bonds. The Balaban J connectivity index is 1.74. The third-order valence-electron chi connectivity index (χ3n) is 4.14. The maximum Gasteiger partial charge on any atom is 0.266 e. The molecule has 0 spiro atoms. The summed E-state index contributed by atoms with van der Waals surface area (Å²) in [6.45, 7) is 6.54. The van der Waals surface area contributed by atoms with Crippen LogP contribution in [0.1, 0.15) is 31.9 Å². The number of methoxy groups -OCH3 is 1. The summed E-state index contributed by atoms with van der Waals surface area (Å²) >= 11 is 7.46. The molecule has 0 bridgehead atoms. The summed E-state index contributed by atoms with van der Waals surface area (Å²) in [7, 11) is 1.58. The molecule has 3 aromatic rings.